The van der Waals surface area contributed by atoms with E-state index in [0.29, 0.717) is 6.54 Å². The number of aryl methyl sites for hydroxylation is 1. The number of rotatable bonds is 5. The molecule has 0 saturated carbocycles. The Kier molecular flexibility index (Phi) is 4.53. The molecule has 0 amide bonds. The highest BCUT2D eigenvalue weighted by molar-refractivity contribution is 5.30. The fraction of sp³-hybridized carbons (Fsp3) is 0.714. The topological polar surface area (TPSA) is 55.1 Å². The van der Waals surface area contributed by atoms with E-state index in [1.165, 1.54) is 10.2 Å². The molecule has 0 fully saturated rings. The summed E-state index contributed by atoms with van der Waals surface area (Å²) in [6.45, 7) is 2.42. The van der Waals surface area contributed by atoms with Crippen molar-refractivity contribution in [3.05, 3.63) is 27.2 Å². The maximum atomic E-state index is 12.3. The van der Waals surface area contributed by atoms with Crippen LogP contribution in [-0.2, 0) is 25.8 Å². The van der Waals surface area contributed by atoms with Crippen LogP contribution in [0.3, 0.4) is 0 Å². The minimum atomic E-state index is -0.0289. The average Bonchev–Trinajstić information content (AvgIpc) is 2.39. The first-order valence-corrected chi connectivity index (χ1v) is 7.00. The molecule has 0 saturated heterocycles. The van der Waals surface area contributed by atoms with Gasteiger partial charge in [0.2, 0.25) is 0 Å². The van der Waals surface area contributed by atoms with Gasteiger partial charge in [0.05, 0.1) is 18.8 Å². The van der Waals surface area contributed by atoms with Gasteiger partial charge in [-0.2, -0.15) is 5.10 Å². The molecule has 18 heavy (non-hydrogen) atoms. The molecule has 0 unspecified atom stereocenters. The van der Waals surface area contributed by atoms with E-state index >= 15 is 0 Å². The van der Waals surface area contributed by atoms with Crippen LogP contribution in [0.2, 0.25) is 0 Å². The predicted octanol–water partition coefficient (Wildman–Crippen LogP) is 1.46. The Morgan fingerprint density at radius 1 is 1.33 bits per heavy atom. The molecule has 0 aromatic carbocycles. The molecule has 4 nitrogen and oxygen atoms in total. The summed E-state index contributed by atoms with van der Waals surface area (Å²) in [7, 11) is 0. The number of aromatic nitrogens is 2. The molecule has 1 aromatic rings. The Labute approximate surface area is 108 Å². The summed E-state index contributed by atoms with van der Waals surface area (Å²) in [6.07, 6.45) is 7.28. The quantitative estimate of drug-likeness (QED) is 0.860. The third-order valence-electron chi connectivity index (χ3n) is 3.63. The largest absolute Gasteiger partial charge is 0.394 e. The molecule has 2 rings (SSSR count). The van der Waals surface area contributed by atoms with Crippen LogP contribution < -0.4 is 5.56 Å². The summed E-state index contributed by atoms with van der Waals surface area (Å²) >= 11 is 0. The van der Waals surface area contributed by atoms with Gasteiger partial charge in [0, 0.05) is 5.56 Å². The van der Waals surface area contributed by atoms with E-state index in [4.69, 9.17) is 5.11 Å². The van der Waals surface area contributed by atoms with Gasteiger partial charge in [-0.05, 0) is 44.1 Å². The molecule has 0 bridgehead atoms. The van der Waals surface area contributed by atoms with Crippen molar-refractivity contribution in [2.75, 3.05) is 6.61 Å². The summed E-state index contributed by atoms with van der Waals surface area (Å²) in [5, 5.41) is 13.4. The zero-order chi connectivity index (χ0) is 13.0. The van der Waals surface area contributed by atoms with Gasteiger partial charge in [0.1, 0.15) is 0 Å². The highest BCUT2D eigenvalue weighted by Crippen LogP contribution is 2.21. The molecule has 1 aliphatic rings. The lowest BCUT2D eigenvalue weighted by molar-refractivity contribution is 0.264. The van der Waals surface area contributed by atoms with E-state index in [2.05, 4.69) is 12.0 Å². The van der Waals surface area contributed by atoms with E-state index in [-0.39, 0.29) is 12.2 Å². The number of aliphatic hydroxyl groups excluding tert-OH is 1. The SMILES string of the molecule is CCCCc1c2c(nn(CCO)c1=O)CCCC2. The second-order valence-corrected chi connectivity index (χ2v) is 4.97. The summed E-state index contributed by atoms with van der Waals surface area (Å²) in [5.74, 6) is 0. The van der Waals surface area contributed by atoms with Crippen molar-refractivity contribution < 1.29 is 5.11 Å². The maximum Gasteiger partial charge on any atom is 0.270 e. The second-order valence-electron chi connectivity index (χ2n) is 4.97. The van der Waals surface area contributed by atoms with Gasteiger partial charge in [0.15, 0.2) is 0 Å². The third kappa shape index (κ3) is 2.64. The van der Waals surface area contributed by atoms with Crippen LogP contribution in [-0.4, -0.2) is 21.5 Å². The molecule has 0 radical (unpaired) electrons. The minimum Gasteiger partial charge on any atom is -0.394 e. The van der Waals surface area contributed by atoms with E-state index in [9.17, 15) is 4.79 Å². The van der Waals surface area contributed by atoms with Crippen molar-refractivity contribution in [1.29, 1.82) is 0 Å². The standard InChI is InChI=1S/C14H22N2O2/c1-2-3-6-12-11-7-4-5-8-13(11)15-16(9-10-17)14(12)18/h17H,2-10H2,1H3. The van der Waals surface area contributed by atoms with Crippen molar-refractivity contribution in [1.82, 2.24) is 9.78 Å². The molecular weight excluding hydrogens is 228 g/mol. The normalized spacial score (nSPS) is 14.6. The van der Waals surface area contributed by atoms with Crippen LogP contribution in [0.15, 0.2) is 4.79 Å². The molecule has 0 spiro atoms. The van der Waals surface area contributed by atoms with E-state index in [0.717, 1.165) is 56.2 Å². The highest BCUT2D eigenvalue weighted by Gasteiger charge is 2.19. The Bertz CT molecular complexity index is 466. The molecule has 1 aromatic heterocycles. The van der Waals surface area contributed by atoms with Gasteiger partial charge in [-0.3, -0.25) is 4.79 Å². The first kappa shape index (κ1) is 13.3. The van der Waals surface area contributed by atoms with Crippen molar-refractivity contribution in [2.24, 2.45) is 0 Å². The van der Waals surface area contributed by atoms with Crippen molar-refractivity contribution in [3.63, 3.8) is 0 Å². The van der Waals surface area contributed by atoms with E-state index in [1.807, 2.05) is 0 Å². The average molecular weight is 250 g/mol. The van der Waals surface area contributed by atoms with Gasteiger partial charge in [-0.15, -0.1) is 0 Å². The lowest BCUT2D eigenvalue weighted by atomic mass is 9.91. The Hall–Kier alpha value is -1.16. The molecule has 1 N–H and O–H groups in total. The molecule has 1 aliphatic carbocycles. The first-order valence-electron chi connectivity index (χ1n) is 7.00. The van der Waals surface area contributed by atoms with Gasteiger partial charge in [-0.1, -0.05) is 13.3 Å². The summed E-state index contributed by atoms with van der Waals surface area (Å²) in [4.78, 5) is 12.3. The lowest BCUT2D eigenvalue weighted by Crippen LogP contribution is -2.32. The molecular formula is C14H22N2O2. The van der Waals surface area contributed by atoms with Crippen molar-refractivity contribution >= 4 is 0 Å². The van der Waals surface area contributed by atoms with Gasteiger partial charge in [-0.25, -0.2) is 4.68 Å². The van der Waals surface area contributed by atoms with Gasteiger partial charge < -0.3 is 5.11 Å². The molecule has 0 aliphatic heterocycles. The first-order chi connectivity index (χ1) is 8.77. The minimum absolute atomic E-state index is 0.0122. The molecule has 4 heteroatoms. The Morgan fingerprint density at radius 3 is 2.83 bits per heavy atom. The van der Waals surface area contributed by atoms with Crippen LogP contribution in [0.1, 0.15) is 49.4 Å². The van der Waals surface area contributed by atoms with Crippen LogP contribution >= 0.6 is 0 Å². The monoisotopic (exact) mass is 250 g/mol. The van der Waals surface area contributed by atoms with Crippen LogP contribution in [0.5, 0.6) is 0 Å². The van der Waals surface area contributed by atoms with Crippen LogP contribution in [0.4, 0.5) is 0 Å². The Morgan fingerprint density at radius 2 is 2.11 bits per heavy atom. The highest BCUT2D eigenvalue weighted by atomic mass is 16.3. The summed E-state index contributed by atoms with van der Waals surface area (Å²) < 4.78 is 1.45. The van der Waals surface area contributed by atoms with E-state index in [1.54, 1.807) is 0 Å². The molecule has 100 valence electrons. The number of nitrogens with zero attached hydrogens (tertiary/aromatic N) is 2. The fourth-order valence-corrected chi connectivity index (χ4v) is 2.66. The number of hydrogen-bond donors (Lipinski definition) is 1. The smallest absolute Gasteiger partial charge is 0.270 e. The van der Waals surface area contributed by atoms with Crippen LogP contribution in [0, 0.1) is 0 Å². The Balaban J connectivity index is 2.44. The number of hydrogen-bond acceptors (Lipinski definition) is 3. The molecule has 1 heterocycles. The summed E-state index contributed by atoms with van der Waals surface area (Å²) in [6, 6.07) is 0. The van der Waals surface area contributed by atoms with E-state index < -0.39 is 0 Å². The molecule has 0 atom stereocenters. The lowest BCUT2D eigenvalue weighted by Gasteiger charge is -2.19. The predicted molar refractivity (Wildman–Crippen MR) is 70.8 cm³/mol. The summed E-state index contributed by atoms with van der Waals surface area (Å²) in [5.41, 5.74) is 3.25. The zero-order valence-corrected chi connectivity index (χ0v) is 11.1. The zero-order valence-electron chi connectivity index (χ0n) is 11.1. The fourth-order valence-electron chi connectivity index (χ4n) is 2.66. The van der Waals surface area contributed by atoms with Crippen molar-refractivity contribution in [2.45, 2.75) is 58.4 Å². The van der Waals surface area contributed by atoms with Crippen LogP contribution in [0.25, 0.3) is 0 Å². The van der Waals surface area contributed by atoms with Gasteiger partial charge in [0.25, 0.3) is 5.56 Å². The third-order valence-corrected chi connectivity index (χ3v) is 3.63. The number of fused-ring (bicyclic) bond motifs is 1. The number of unbranched alkanes of at least 4 members (excludes halogenated alkanes) is 1. The maximum absolute atomic E-state index is 12.3. The van der Waals surface area contributed by atoms with Gasteiger partial charge >= 0.3 is 0 Å². The second kappa shape index (κ2) is 6.14. The van der Waals surface area contributed by atoms with Crippen molar-refractivity contribution in [3.8, 4) is 0 Å². The number of aliphatic hydroxyl groups is 1.